The maximum absolute atomic E-state index is 14.4. The van der Waals surface area contributed by atoms with Crippen LogP contribution in [0.4, 0.5) is 0 Å². The summed E-state index contributed by atoms with van der Waals surface area (Å²) in [4.78, 5) is 41.6. The van der Waals surface area contributed by atoms with Crippen LogP contribution in [-0.4, -0.2) is 218 Å². The van der Waals surface area contributed by atoms with Gasteiger partial charge in [-0.1, -0.05) is 137 Å². The summed E-state index contributed by atoms with van der Waals surface area (Å²) >= 11 is 0. The van der Waals surface area contributed by atoms with Gasteiger partial charge >= 0.3 is 17.9 Å². The highest BCUT2D eigenvalue weighted by Gasteiger charge is 2.59. The molecule has 87 heavy (non-hydrogen) atoms. The Morgan fingerprint density at radius 2 is 0.989 bits per heavy atom. The molecular weight excluding hydrogens is 1140 g/mol. The Labute approximate surface area is 515 Å². The molecule has 24 nitrogen and oxygen atoms in total. The Kier molecular flexibility index (Phi) is 31.2. The summed E-state index contributed by atoms with van der Waals surface area (Å²) < 4.78 is 82.6. The lowest BCUT2D eigenvalue weighted by Gasteiger charge is -2.51. The molecule has 0 aromatic carbocycles. The van der Waals surface area contributed by atoms with Gasteiger partial charge in [0.15, 0.2) is 49.8 Å². The largest absolute Gasteiger partial charge is 0.456 e. The number of ether oxygens (including phenoxy) is 13. The number of aliphatic hydroxyl groups is 8. The first-order chi connectivity index (χ1) is 41.6. The van der Waals surface area contributed by atoms with Crippen molar-refractivity contribution in [1.29, 1.82) is 0 Å². The average Bonchev–Trinajstić information content (AvgIpc) is 2.41. The van der Waals surface area contributed by atoms with E-state index in [2.05, 4.69) is 13.8 Å². The fourth-order valence-corrected chi connectivity index (χ4v) is 12.3. The lowest BCUT2D eigenvalue weighted by molar-refractivity contribution is -0.399. The molecule has 6 heterocycles. The molecule has 506 valence electrons. The van der Waals surface area contributed by atoms with Gasteiger partial charge in [-0.25, -0.2) is 0 Å². The third kappa shape index (κ3) is 20.8. The van der Waals surface area contributed by atoms with Crippen LogP contribution in [0.5, 0.6) is 0 Å². The van der Waals surface area contributed by atoms with E-state index in [0.29, 0.717) is 32.1 Å². The molecule has 6 fully saturated rings. The summed E-state index contributed by atoms with van der Waals surface area (Å²) in [5.41, 5.74) is 0. The second-order valence-corrected chi connectivity index (χ2v) is 25.3. The number of hydrogen-bond donors (Lipinski definition) is 8. The molecule has 24 heteroatoms. The monoisotopic (exact) mass is 1250 g/mol. The minimum atomic E-state index is -1.91. The van der Waals surface area contributed by atoms with E-state index in [1.54, 1.807) is 27.7 Å². The van der Waals surface area contributed by atoms with Crippen molar-refractivity contribution < 1.29 is 117 Å². The fraction of sp³-hybridized carbons (Fsp3) is 0.952. The van der Waals surface area contributed by atoms with Gasteiger partial charge in [-0.3, -0.25) is 14.4 Å². The molecule has 0 spiro atoms. The van der Waals surface area contributed by atoms with Crippen LogP contribution in [0.25, 0.3) is 0 Å². The molecule has 2 bridgehead atoms. The van der Waals surface area contributed by atoms with Gasteiger partial charge in [-0.2, -0.15) is 0 Å². The van der Waals surface area contributed by atoms with Crippen molar-refractivity contribution in [2.45, 2.75) is 376 Å². The maximum atomic E-state index is 14.4. The Hall–Kier alpha value is -2.31. The van der Waals surface area contributed by atoms with Crippen molar-refractivity contribution in [2.24, 2.45) is 5.92 Å². The summed E-state index contributed by atoms with van der Waals surface area (Å²) in [7, 11) is 0. The van der Waals surface area contributed by atoms with Gasteiger partial charge in [0.2, 0.25) is 0 Å². The highest BCUT2D eigenvalue weighted by atomic mass is 16.8. The van der Waals surface area contributed by atoms with E-state index in [9.17, 15) is 55.2 Å². The van der Waals surface area contributed by atoms with Gasteiger partial charge in [0, 0.05) is 12.8 Å². The van der Waals surface area contributed by atoms with Gasteiger partial charge in [0.05, 0.1) is 42.5 Å². The first-order valence-electron chi connectivity index (χ1n) is 33.2. The standard InChI is InChI=1S/C63H110O24/c1-10-13-15-16-17-18-21-24-29-33-42(65)82-57-56(87-59-48(71)46(69)43(66)35(5)75-59)52(84-60-49(72)53(45(68)37(7)76-60)83-58(74)34(4)12-3)39(9)79-63(57)85-51-38(8)78-61-50(73)54(51)81-41(64)32-28-25-22-19-20-23-27-31-40(30-26-14-11-2)80-62-55(86-61)47(70)44(67)36(6)77-62/h34-40,43-57,59-63,66-73H,10-33H2,1-9H3. The molecule has 8 N–H and O–H groups in total. The van der Waals surface area contributed by atoms with E-state index in [-0.39, 0.29) is 18.9 Å². The summed E-state index contributed by atoms with van der Waals surface area (Å²) in [6.07, 6.45) is -19.2. The zero-order chi connectivity index (χ0) is 63.5. The highest BCUT2D eigenvalue weighted by molar-refractivity contribution is 5.72. The number of unbranched alkanes of at least 4 members (excludes halogenated alkanes) is 10. The molecule has 6 aliphatic rings. The van der Waals surface area contributed by atoms with Gasteiger partial charge < -0.3 is 102 Å². The first kappa shape index (κ1) is 73.7. The molecule has 0 saturated carbocycles. The molecule has 6 rings (SSSR count). The van der Waals surface area contributed by atoms with Gasteiger partial charge in [-0.05, 0) is 66.7 Å². The predicted octanol–water partition coefficient (Wildman–Crippen LogP) is 5.33. The van der Waals surface area contributed by atoms with Crippen molar-refractivity contribution in [3.8, 4) is 0 Å². The second-order valence-electron chi connectivity index (χ2n) is 25.3. The van der Waals surface area contributed by atoms with E-state index in [4.69, 9.17) is 61.6 Å². The van der Waals surface area contributed by atoms with Crippen LogP contribution in [0.3, 0.4) is 0 Å². The zero-order valence-corrected chi connectivity index (χ0v) is 53.2. The number of esters is 3. The molecule has 0 amide bonds. The molecule has 0 aromatic rings. The molecule has 27 atom stereocenters. The normalized spacial score (nSPS) is 41.6. The third-order valence-electron chi connectivity index (χ3n) is 18.2. The van der Waals surface area contributed by atoms with Crippen LogP contribution in [-0.2, 0) is 76.0 Å². The van der Waals surface area contributed by atoms with Crippen molar-refractivity contribution in [3.05, 3.63) is 0 Å². The summed E-state index contributed by atoms with van der Waals surface area (Å²) in [5, 5.41) is 91.9. The molecule has 0 radical (unpaired) electrons. The Bertz CT molecular complexity index is 1990. The molecule has 0 aliphatic carbocycles. The minimum Gasteiger partial charge on any atom is -0.456 e. The number of rotatable bonds is 24. The number of aliphatic hydroxyl groups excluding tert-OH is 8. The van der Waals surface area contributed by atoms with Crippen molar-refractivity contribution in [3.63, 3.8) is 0 Å². The van der Waals surface area contributed by atoms with E-state index in [1.165, 1.54) is 27.2 Å². The van der Waals surface area contributed by atoms with E-state index >= 15 is 0 Å². The topological polar surface area (TPSA) is 333 Å². The Morgan fingerprint density at radius 1 is 0.460 bits per heavy atom. The lowest BCUT2D eigenvalue weighted by Crippen LogP contribution is -2.68. The molecule has 6 aliphatic heterocycles. The molecule has 6 saturated heterocycles. The van der Waals surface area contributed by atoms with Crippen LogP contribution in [0.1, 0.15) is 216 Å². The van der Waals surface area contributed by atoms with Gasteiger partial charge in [0.1, 0.15) is 73.2 Å². The number of fused-ring (bicyclic) bond motifs is 3. The van der Waals surface area contributed by atoms with Gasteiger partial charge in [0.25, 0.3) is 0 Å². The van der Waals surface area contributed by atoms with Crippen molar-refractivity contribution in [2.75, 3.05) is 0 Å². The quantitative estimate of drug-likeness (QED) is 0.0344. The second kappa shape index (κ2) is 36.8. The maximum Gasteiger partial charge on any atom is 0.309 e. The van der Waals surface area contributed by atoms with Crippen LogP contribution in [0, 0.1) is 5.92 Å². The summed E-state index contributed by atoms with van der Waals surface area (Å²) in [5.74, 6) is -2.71. The van der Waals surface area contributed by atoms with E-state index in [0.717, 1.165) is 103 Å². The van der Waals surface area contributed by atoms with Gasteiger partial charge in [-0.15, -0.1) is 0 Å². The van der Waals surface area contributed by atoms with Crippen molar-refractivity contribution >= 4 is 17.9 Å². The lowest BCUT2D eigenvalue weighted by atomic mass is 9.95. The molecule has 0 aromatic heterocycles. The zero-order valence-electron chi connectivity index (χ0n) is 53.2. The highest BCUT2D eigenvalue weighted by Crippen LogP contribution is 2.40. The number of carbonyl (C=O) groups excluding carboxylic acids is 3. The third-order valence-corrected chi connectivity index (χ3v) is 18.2. The summed E-state index contributed by atoms with van der Waals surface area (Å²) in [6, 6.07) is 0. The minimum absolute atomic E-state index is 0.0264. The van der Waals surface area contributed by atoms with Crippen LogP contribution in [0.15, 0.2) is 0 Å². The Morgan fingerprint density at radius 3 is 1.66 bits per heavy atom. The smallest absolute Gasteiger partial charge is 0.309 e. The van der Waals surface area contributed by atoms with Crippen LogP contribution < -0.4 is 0 Å². The van der Waals surface area contributed by atoms with E-state index in [1.807, 2.05) is 0 Å². The summed E-state index contributed by atoms with van der Waals surface area (Å²) in [6.45, 7) is 15.3. The predicted molar refractivity (Wildman–Crippen MR) is 311 cm³/mol. The fourth-order valence-electron chi connectivity index (χ4n) is 12.3. The number of carbonyl (C=O) groups is 3. The van der Waals surface area contributed by atoms with E-state index < -0.39 is 177 Å². The Balaban J connectivity index is 1.37. The molecular formula is C63H110O24. The van der Waals surface area contributed by atoms with Crippen LogP contribution >= 0.6 is 0 Å². The molecule has 27 unspecified atom stereocenters. The SMILES string of the molecule is CCCCCCCCCCCC(=O)OC1C(OC2C(C)OC3OC4C(OC(CCCCC)CCCCCCCCCC(=O)OC2C3O)OC(C)C(O)C4O)OC(C)C(OC2OC(C)C(O)C(OC(=O)C(C)CC)C2O)C1OC1OC(C)C(O)C(O)C1O. The number of hydrogen-bond acceptors (Lipinski definition) is 24. The first-order valence-corrected chi connectivity index (χ1v) is 33.2. The van der Waals surface area contributed by atoms with Crippen LogP contribution in [0.2, 0.25) is 0 Å². The average molecular weight is 1250 g/mol. The van der Waals surface area contributed by atoms with Crippen molar-refractivity contribution in [1.82, 2.24) is 0 Å².